The highest BCUT2D eigenvalue weighted by molar-refractivity contribution is 7.80. The summed E-state index contributed by atoms with van der Waals surface area (Å²) in [6.07, 6.45) is 7.30. The fourth-order valence-corrected chi connectivity index (χ4v) is 2.98. The molecule has 0 unspecified atom stereocenters. The number of carbonyl (C=O) groups excluding carboxylic acids is 1. The summed E-state index contributed by atoms with van der Waals surface area (Å²) < 4.78 is 0. The van der Waals surface area contributed by atoms with Crippen LogP contribution in [0.1, 0.15) is 44.9 Å². The van der Waals surface area contributed by atoms with Gasteiger partial charge in [-0.05, 0) is 25.7 Å². The Hall–Kier alpha value is -0.640. The Morgan fingerprint density at radius 3 is 2.31 bits per heavy atom. The molecule has 0 heterocycles. The van der Waals surface area contributed by atoms with Crippen LogP contribution in [0.4, 0.5) is 0 Å². The van der Waals surface area contributed by atoms with Gasteiger partial charge in [-0.15, -0.1) is 0 Å². The molecule has 0 saturated heterocycles. The summed E-state index contributed by atoms with van der Waals surface area (Å²) in [5.74, 6) is 0.169. The third-order valence-electron chi connectivity index (χ3n) is 4.00. The second-order valence-corrected chi connectivity index (χ2v) is 5.59. The fraction of sp³-hybridized carbons (Fsp3) is 0.833. The van der Waals surface area contributed by atoms with Crippen LogP contribution in [0.2, 0.25) is 0 Å². The van der Waals surface area contributed by atoms with Gasteiger partial charge in [0, 0.05) is 13.1 Å². The van der Waals surface area contributed by atoms with Gasteiger partial charge in [0.1, 0.15) is 0 Å². The molecule has 0 bridgehead atoms. The van der Waals surface area contributed by atoms with Gasteiger partial charge in [-0.25, -0.2) is 0 Å². The predicted octanol–water partition coefficient (Wildman–Crippen LogP) is 1.84. The van der Waals surface area contributed by atoms with Crippen molar-refractivity contribution in [1.82, 2.24) is 4.90 Å². The Labute approximate surface area is 102 Å². The lowest BCUT2D eigenvalue weighted by molar-refractivity contribution is -0.138. The lowest BCUT2D eigenvalue weighted by Crippen LogP contribution is -2.51. The maximum absolute atomic E-state index is 12.5. The SMILES string of the molecule is CN(C(=O)C1(C(N)=S)CCCCC1)C1CC1. The zero-order chi connectivity index (χ0) is 11.8. The van der Waals surface area contributed by atoms with E-state index in [1.54, 1.807) is 0 Å². The van der Waals surface area contributed by atoms with E-state index in [9.17, 15) is 4.79 Å². The Kier molecular flexibility index (Phi) is 3.19. The smallest absolute Gasteiger partial charge is 0.235 e. The number of amides is 1. The van der Waals surface area contributed by atoms with E-state index in [0.29, 0.717) is 11.0 Å². The van der Waals surface area contributed by atoms with Crippen LogP contribution in [0.3, 0.4) is 0 Å². The molecule has 0 aliphatic heterocycles. The van der Waals surface area contributed by atoms with Crippen LogP contribution in [0.15, 0.2) is 0 Å². The van der Waals surface area contributed by atoms with Gasteiger partial charge in [-0.1, -0.05) is 31.5 Å². The van der Waals surface area contributed by atoms with Crippen molar-refractivity contribution in [1.29, 1.82) is 0 Å². The molecule has 0 radical (unpaired) electrons. The first kappa shape index (κ1) is 11.8. The van der Waals surface area contributed by atoms with E-state index >= 15 is 0 Å². The number of nitrogens with two attached hydrogens (primary N) is 1. The second-order valence-electron chi connectivity index (χ2n) is 5.15. The van der Waals surface area contributed by atoms with E-state index < -0.39 is 5.41 Å². The molecule has 0 aromatic carbocycles. The standard InChI is InChI=1S/C12H20N2OS/c1-14(9-5-6-9)11(15)12(10(13)16)7-3-2-4-8-12/h9H,2-8H2,1H3,(H2,13,16). The highest BCUT2D eigenvalue weighted by Gasteiger charge is 2.46. The number of thiocarbonyl (C=S) groups is 1. The molecule has 90 valence electrons. The number of hydrogen-bond donors (Lipinski definition) is 1. The molecule has 0 aromatic rings. The molecule has 2 fully saturated rings. The molecule has 2 aliphatic carbocycles. The van der Waals surface area contributed by atoms with Gasteiger partial charge in [0.05, 0.1) is 10.4 Å². The van der Waals surface area contributed by atoms with Gasteiger partial charge >= 0.3 is 0 Å². The summed E-state index contributed by atoms with van der Waals surface area (Å²) in [4.78, 5) is 14.8. The van der Waals surface area contributed by atoms with E-state index in [0.717, 1.165) is 38.5 Å². The first-order valence-corrected chi connectivity index (χ1v) is 6.56. The molecule has 0 spiro atoms. The largest absolute Gasteiger partial charge is 0.392 e. The summed E-state index contributed by atoms with van der Waals surface area (Å²) in [5, 5.41) is 0. The van der Waals surface area contributed by atoms with Crippen LogP contribution in [-0.2, 0) is 4.79 Å². The lowest BCUT2D eigenvalue weighted by Gasteiger charge is -2.37. The molecule has 2 N–H and O–H groups in total. The fourth-order valence-electron chi connectivity index (χ4n) is 2.69. The Morgan fingerprint density at radius 2 is 1.88 bits per heavy atom. The van der Waals surface area contributed by atoms with Gasteiger partial charge in [0.2, 0.25) is 5.91 Å². The van der Waals surface area contributed by atoms with Crippen LogP contribution in [-0.4, -0.2) is 28.9 Å². The van der Waals surface area contributed by atoms with Gasteiger partial charge in [-0.2, -0.15) is 0 Å². The molecule has 2 aliphatic rings. The van der Waals surface area contributed by atoms with E-state index in [1.807, 2.05) is 11.9 Å². The van der Waals surface area contributed by atoms with Crippen molar-refractivity contribution in [2.75, 3.05) is 7.05 Å². The molecule has 3 nitrogen and oxygen atoms in total. The number of hydrogen-bond acceptors (Lipinski definition) is 2. The van der Waals surface area contributed by atoms with E-state index in [-0.39, 0.29) is 5.91 Å². The monoisotopic (exact) mass is 240 g/mol. The Bertz CT molecular complexity index is 306. The number of nitrogens with zero attached hydrogens (tertiary/aromatic N) is 1. The minimum absolute atomic E-state index is 0.169. The summed E-state index contributed by atoms with van der Waals surface area (Å²) in [5.41, 5.74) is 5.32. The molecule has 2 rings (SSSR count). The highest BCUT2D eigenvalue weighted by Crippen LogP contribution is 2.40. The average molecular weight is 240 g/mol. The van der Waals surface area contributed by atoms with Crippen LogP contribution >= 0.6 is 12.2 Å². The van der Waals surface area contributed by atoms with Crippen LogP contribution in [0.5, 0.6) is 0 Å². The maximum atomic E-state index is 12.5. The van der Waals surface area contributed by atoms with Crippen LogP contribution < -0.4 is 5.73 Å². The highest BCUT2D eigenvalue weighted by atomic mass is 32.1. The number of carbonyl (C=O) groups is 1. The maximum Gasteiger partial charge on any atom is 0.235 e. The van der Waals surface area contributed by atoms with Gasteiger partial charge in [0.15, 0.2) is 0 Å². The molecular weight excluding hydrogens is 220 g/mol. The van der Waals surface area contributed by atoms with Crippen LogP contribution in [0.25, 0.3) is 0 Å². The first-order chi connectivity index (χ1) is 7.58. The first-order valence-electron chi connectivity index (χ1n) is 6.15. The Balaban J connectivity index is 2.17. The van der Waals surface area contributed by atoms with Crippen molar-refractivity contribution in [3.05, 3.63) is 0 Å². The van der Waals surface area contributed by atoms with Gasteiger partial charge in [0.25, 0.3) is 0 Å². The van der Waals surface area contributed by atoms with Gasteiger partial charge in [-0.3, -0.25) is 4.79 Å². The zero-order valence-electron chi connectivity index (χ0n) is 9.87. The normalized spacial score (nSPS) is 23.8. The topological polar surface area (TPSA) is 46.3 Å². The van der Waals surface area contributed by atoms with Crippen molar-refractivity contribution < 1.29 is 4.79 Å². The molecular formula is C12H20N2OS. The van der Waals surface area contributed by atoms with E-state index in [1.165, 1.54) is 6.42 Å². The van der Waals surface area contributed by atoms with Crippen molar-refractivity contribution in [3.8, 4) is 0 Å². The lowest BCUT2D eigenvalue weighted by atomic mass is 9.73. The van der Waals surface area contributed by atoms with E-state index in [4.69, 9.17) is 18.0 Å². The molecule has 4 heteroatoms. The third-order valence-corrected chi connectivity index (χ3v) is 4.39. The third kappa shape index (κ3) is 1.95. The summed E-state index contributed by atoms with van der Waals surface area (Å²) in [6, 6.07) is 0.445. The summed E-state index contributed by atoms with van der Waals surface area (Å²) >= 11 is 5.16. The predicted molar refractivity (Wildman–Crippen MR) is 68.1 cm³/mol. The minimum atomic E-state index is -0.523. The molecule has 16 heavy (non-hydrogen) atoms. The Morgan fingerprint density at radius 1 is 1.31 bits per heavy atom. The summed E-state index contributed by atoms with van der Waals surface area (Å²) in [7, 11) is 1.90. The van der Waals surface area contributed by atoms with Crippen molar-refractivity contribution >= 4 is 23.1 Å². The average Bonchev–Trinajstić information content (AvgIpc) is 3.11. The van der Waals surface area contributed by atoms with Crippen molar-refractivity contribution in [3.63, 3.8) is 0 Å². The summed E-state index contributed by atoms with van der Waals surface area (Å²) in [6.45, 7) is 0. The van der Waals surface area contributed by atoms with Crippen LogP contribution in [0, 0.1) is 5.41 Å². The molecule has 0 atom stereocenters. The molecule has 1 amide bonds. The minimum Gasteiger partial charge on any atom is -0.392 e. The second kappa shape index (κ2) is 4.32. The molecule has 0 aromatic heterocycles. The van der Waals surface area contributed by atoms with E-state index in [2.05, 4.69) is 0 Å². The van der Waals surface area contributed by atoms with Crippen molar-refractivity contribution in [2.24, 2.45) is 11.1 Å². The molecule has 2 saturated carbocycles. The van der Waals surface area contributed by atoms with Gasteiger partial charge < -0.3 is 10.6 Å². The quantitative estimate of drug-likeness (QED) is 0.766. The van der Waals surface area contributed by atoms with Crippen molar-refractivity contribution in [2.45, 2.75) is 51.0 Å². The zero-order valence-corrected chi connectivity index (χ0v) is 10.7. The number of rotatable bonds is 3.